The molecule has 0 spiro atoms. The van der Waals surface area contributed by atoms with Gasteiger partial charge in [0.05, 0.1) is 19.8 Å². The summed E-state index contributed by atoms with van der Waals surface area (Å²) in [6.07, 6.45) is 54.9. The maximum atomic E-state index is 12.9. The maximum absolute atomic E-state index is 12.9. The van der Waals surface area contributed by atoms with E-state index in [1.165, 1.54) is 89.9 Å². The fourth-order valence-corrected chi connectivity index (χ4v) is 8.68. The Morgan fingerprint density at radius 1 is 0.414 bits per heavy atom. The van der Waals surface area contributed by atoms with E-state index in [0.717, 1.165) is 116 Å². The molecule has 0 aliphatic rings. The van der Waals surface area contributed by atoms with E-state index in [1.54, 1.807) is 0 Å². The molecule has 0 rings (SSSR count). The number of phosphoric acid groups is 1. The topological polar surface area (TPSA) is 155 Å². The Bertz CT molecular complexity index is 1360. The molecular formula is C58H105O11P. The van der Waals surface area contributed by atoms with E-state index in [-0.39, 0.29) is 25.9 Å². The van der Waals surface area contributed by atoms with Crippen molar-refractivity contribution in [3.8, 4) is 0 Å². The summed E-state index contributed by atoms with van der Waals surface area (Å²) < 4.78 is 39.5. The molecule has 70 heavy (non-hydrogen) atoms. The minimum absolute atomic E-state index is 0.156. The van der Waals surface area contributed by atoms with Crippen molar-refractivity contribution in [1.29, 1.82) is 0 Å². The van der Waals surface area contributed by atoms with E-state index in [9.17, 15) is 28.9 Å². The zero-order chi connectivity index (χ0) is 51.3. The van der Waals surface area contributed by atoms with Gasteiger partial charge in [0.25, 0.3) is 0 Å². The number of hydrogen-bond acceptors (Lipinski definition) is 10. The summed E-state index contributed by atoms with van der Waals surface area (Å²) in [5.74, 6) is -1.47. The first-order valence-corrected chi connectivity index (χ1v) is 30.0. The Kier molecular flexibility index (Phi) is 50.8. The van der Waals surface area contributed by atoms with E-state index in [2.05, 4.69) is 69.4 Å². The van der Waals surface area contributed by atoms with Crippen molar-refractivity contribution in [1.82, 2.24) is 0 Å². The van der Waals surface area contributed by atoms with Crippen LogP contribution in [0.2, 0.25) is 0 Å². The lowest BCUT2D eigenvalue weighted by atomic mass is 10.0. The first-order chi connectivity index (χ1) is 34.2. The van der Waals surface area contributed by atoms with Crippen molar-refractivity contribution in [3.63, 3.8) is 0 Å². The van der Waals surface area contributed by atoms with Gasteiger partial charge in [-0.3, -0.25) is 23.4 Å². The van der Waals surface area contributed by atoms with E-state index >= 15 is 0 Å². The number of esters is 3. The number of phosphoric ester groups is 1. The fraction of sp³-hybridized carbons (Fsp3) is 0.810. The molecule has 0 aromatic rings. The van der Waals surface area contributed by atoms with Crippen LogP contribution in [-0.4, -0.2) is 66.5 Å². The van der Waals surface area contributed by atoms with Gasteiger partial charge in [0.15, 0.2) is 6.10 Å². The third-order valence-electron chi connectivity index (χ3n) is 12.2. The maximum Gasteiger partial charge on any atom is 0.472 e. The molecule has 0 aliphatic heterocycles. The number of rotatable bonds is 53. The second kappa shape index (κ2) is 52.8. The Balaban J connectivity index is 4.73. The second-order valence-corrected chi connectivity index (χ2v) is 20.5. The van der Waals surface area contributed by atoms with E-state index < -0.39 is 57.8 Å². The number of aliphatic hydroxyl groups excluding tert-OH is 1. The molecule has 2 N–H and O–H groups in total. The average Bonchev–Trinajstić information content (AvgIpc) is 3.35. The number of ether oxygens (including phenoxy) is 3. The van der Waals surface area contributed by atoms with Crippen LogP contribution in [0, 0.1) is 0 Å². The molecule has 0 aliphatic carbocycles. The van der Waals surface area contributed by atoms with Gasteiger partial charge in [-0.1, -0.05) is 217 Å². The molecule has 0 amide bonds. The largest absolute Gasteiger partial charge is 0.472 e. The summed E-state index contributed by atoms with van der Waals surface area (Å²) in [4.78, 5) is 48.5. The highest BCUT2D eigenvalue weighted by Crippen LogP contribution is 2.43. The number of hydrogen-bond donors (Lipinski definition) is 2. The van der Waals surface area contributed by atoms with Crippen LogP contribution < -0.4 is 0 Å². The average molecular weight is 1010 g/mol. The van der Waals surface area contributed by atoms with Gasteiger partial charge in [0.2, 0.25) is 0 Å². The number of carbonyl (C=O) groups is 3. The van der Waals surface area contributed by atoms with Crippen molar-refractivity contribution in [2.45, 2.75) is 277 Å². The van der Waals surface area contributed by atoms with Gasteiger partial charge in [-0.15, -0.1) is 0 Å². The first kappa shape index (κ1) is 67.4. The molecule has 0 radical (unpaired) electrons. The van der Waals surface area contributed by atoms with Crippen LogP contribution in [0.4, 0.5) is 0 Å². The van der Waals surface area contributed by atoms with E-state index in [4.69, 9.17) is 23.3 Å². The summed E-state index contributed by atoms with van der Waals surface area (Å²) in [5.41, 5.74) is 0. The van der Waals surface area contributed by atoms with Crippen molar-refractivity contribution >= 4 is 25.7 Å². The predicted molar refractivity (Wildman–Crippen MR) is 289 cm³/mol. The van der Waals surface area contributed by atoms with Crippen LogP contribution in [0.3, 0.4) is 0 Å². The van der Waals surface area contributed by atoms with Crippen molar-refractivity contribution in [2.75, 3.05) is 26.4 Å². The molecule has 0 heterocycles. The first-order valence-electron chi connectivity index (χ1n) is 28.5. The number of allylic oxidation sites excluding steroid dienone is 8. The van der Waals surface area contributed by atoms with Gasteiger partial charge in [0.1, 0.15) is 12.7 Å². The molecule has 0 bridgehead atoms. The van der Waals surface area contributed by atoms with Gasteiger partial charge < -0.3 is 24.2 Å². The SMILES string of the molecule is CC/C=C\C/C=C\C/C=C\CCCCCCCCCC(=O)OC(COC(=O)CCCCCCC/C=C\CCCCCC)COP(=O)(O)OCC(CO)OC(=O)CCCCCCCCCCCCCCC. The predicted octanol–water partition coefficient (Wildman–Crippen LogP) is 16.6. The van der Waals surface area contributed by atoms with Crippen LogP contribution in [0.5, 0.6) is 0 Å². The fourth-order valence-electron chi connectivity index (χ4n) is 7.90. The molecule has 0 saturated carbocycles. The quantitative estimate of drug-likeness (QED) is 0.0197. The Morgan fingerprint density at radius 2 is 0.743 bits per heavy atom. The van der Waals surface area contributed by atoms with Gasteiger partial charge in [-0.05, 0) is 77.0 Å². The normalized spacial score (nSPS) is 13.7. The molecular weight excluding hydrogens is 904 g/mol. The van der Waals surface area contributed by atoms with Crippen LogP contribution in [0.1, 0.15) is 265 Å². The Morgan fingerprint density at radius 3 is 1.17 bits per heavy atom. The Labute approximate surface area is 428 Å². The number of unbranched alkanes of at least 4 members (excludes halogenated alkanes) is 28. The van der Waals surface area contributed by atoms with Gasteiger partial charge in [0, 0.05) is 19.3 Å². The lowest BCUT2D eigenvalue weighted by molar-refractivity contribution is -0.161. The Hall–Kier alpha value is -2.56. The summed E-state index contributed by atoms with van der Waals surface area (Å²) in [5, 5.41) is 9.80. The molecule has 0 aromatic heterocycles. The standard InChI is InChI=1S/C58H105O11P/c1-4-7-10-13-16-19-22-25-26-27-28-31-34-37-40-43-46-49-58(62)69-55(51-65-56(60)47-44-41-38-35-32-29-23-20-17-14-11-8-5-2)53-67-70(63,64)66-52-54(50-59)68-57(61)48-45-42-39-36-33-30-24-21-18-15-12-9-6-3/h7,10,16,19-20,23,25-26,54-55,59H,4-6,8-9,11-15,17-18,21-22,24,27-53H2,1-3H3,(H,63,64)/b10-7-,19-16-,23-20-,26-25-. The third kappa shape index (κ3) is 50.4. The number of carbonyl (C=O) groups excluding carboxylic acids is 3. The molecule has 0 saturated heterocycles. The second-order valence-electron chi connectivity index (χ2n) is 19.1. The van der Waals surface area contributed by atoms with Crippen molar-refractivity contribution in [2.24, 2.45) is 0 Å². The van der Waals surface area contributed by atoms with E-state index in [1.807, 2.05) is 0 Å². The van der Waals surface area contributed by atoms with Gasteiger partial charge >= 0.3 is 25.7 Å². The summed E-state index contributed by atoms with van der Waals surface area (Å²) in [6.45, 7) is 4.52. The lowest BCUT2D eigenvalue weighted by Crippen LogP contribution is -2.30. The molecule has 3 atom stereocenters. The van der Waals surface area contributed by atoms with Crippen molar-refractivity contribution in [3.05, 3.63) is 48.6 Å². The zero-order valence-electron chi connectivity index (χ0n) is 45.0. The third-order valence-corrected chi connectivity index (χ3v) is 13.2. The molecule has 408 valence electrons. The van der Waals surface area contributed by atoms with Crippen LogP contribution in [0.25, 0.3) is 0 Å². The minimum Gasteiger partial charge on any atom is -0.462 e. The zero-order valence-corrected chi connectivity index (χ0v) is 45.9. The highest BCUT2D eigenvalue weighted by Gasteiger charge is 2.28. The van der Waals surface area contributed by atoms with E-state index in [0.29, 0.717) is 19.3 Å². The highest BCUT2D eigenvalue weighted by molar-refractivity contribution is 7.47. The van der Waals surface area contributed by atoms with Crippen LogP contribution in [0.15, 0.2) is 48.6 Å². The van der Waals surface area contributed by atoms with Crippen molar-refractivity contribution < 1.29 is 52.2 Å². The van der Waals surface area contributed by atoms with Crippen LogP contribution >= 0.6 is 7.82 Å². The van der Waals surface area contributed by atoms with Gasteiger partial charge in [-0.2, -0.15) is 0 Å². The number of aliphatic hydroxyl groups is 1. The minimum atomic E-state index is -4.75. The monoisotopic (exact) mass is 1010 g/mol. The lowest BCUT2D eigenvalue weighted by Gasteiger charge is -2.21. The molecule has 11 nitrogen and oxygen atoms in total. The summed E-state index contributed by atoms with van der Waals surface area (Å²) in [6, 6.07) is 0. The molecule has 0 aromatic carbocycles. The van der Waals surface area contributed by atoms with Gasteiger partial charge in [-0.25, -0.2) is 4.57 Å². The smallest absolute Gasteiger partial charge is 0.462 e. The molecule has 3 unspecified atom stereocenters. The highest BCUT2D eigenvalue weighted by atomic mass is 31.2. The summed E-state index contributed by atoms with van der Waals surface area (Å²) >= 11 is 0. The molecule has 0 fully saturated rings. The van der Waals surface area contributed by atoms with Crippen LogP contribution in [-0.2, 0) is 42.2 Å². The molecule has 12 heteroatoms. The summed E-state index contributed by atoms with van der Waals surface area (Å²) in [7, 11) is -4.75.